The Labute approximate surface area is 165 Å². The van der Waals surface area contributed by atoms with Crippen molar-refractivity contribution in [3.05, 3.63) is 64.0 Å². The molecule has 1 fully saturated rings. The van der Waals surface area contributed by atoms with E-state index in [1.807, 2.05) is 6.07 Å². The highest BCUT2D eigenvalue weighted by Crippen LogP contribution is 2.33. The number of nitrogens with zero attached hydrogens (tertiary/aromatic N) is 2. The van der Waals surface area contributed by atoms with Gasteiger partial charge in [0, 0.05) is 12.1 Å². The lowest BCUT2D eigenvalue weighted by Crippen LogP contribution is -2.23. The molecule has 27 heavy (non-hydrogen) atoms. The number of carbonyl (C=O) groups is 2. The van der Waals surface area contributed by atoms with Crippen molar-refractivity contribution < 1.29 is 19.4 Å². The fraction of sp³-hybridized carbons (Fsp3) is 0.105. The molecule has 1 aliphatic rings. The molecule has 0 spiro atoms. The molecule has 8 heteroatoms. The largest absolute Gasteiger partial charge is 0.482 e. The molecule has 1 amide bonds. The SMILES string of the molecule is CN1C(=O)/C(=C\c2cccc(OCC(=O)O)c2)SC1=Nc1ccc(Cl)cc1. The Kier molecular flexibility index (Phi) is 5.83. The highest BCUT2D eigenvalue weighted by molar-refractivity contribution is 8.18. The molecular weight excluding hydrogens is 388 g/mol. The van der Waals surface area contributed by atoms with Crippen LogP contribution in [-0.4, -0.2) is 40.7 Å². The number of aliphatic imine (C=N–C) groups is 1. The van der Waals surface area contributed by atoms with Gasteiger partial charge in [-0.25, -0.2) is 9.79 Å². The second kappa shape index (κ2) is 8.28. The van der Waals surface area contributed by atoms with Crippen molar-refractivity contribution in [3.63, 3.8) is 0 Å². The monoisotopic (exact) mass is 402 g/mol. The van der Waals surface area contributed by atoms with Crippen molar-refractivity contribution in [3.8, 4) is 5.75 Å². The van der Waals surface area contributed by atoms with Gasteiger partial charge in [-0.1, -0.05) is 23.7 Å². The molecule has 1 N–H and O–H groups in total. The highest BCUT2D eigenvalue weighted by Gasteiger charge is 2.30. The number of hydrogen-bond donors (Lipinski definition) is 1. The van der Waals surface area contributed by atoms with Crippen molar-refractivity contribution in [2.24, 2.45) is 4.99 Å². The van der Waals surface area contributed by atoms with Gasteiger partial charge in [-0.05, 0) is 59.8 Å². The number of carboxylic acid groups (broad SMARTS) is 1. The van der Waals surface area contributed by atoms with E-state index < -0.39 is 12.6 Å². The van der Waals surface area contributed by atoms with Crippen LogP contribution in [-0.2, 0) is 9.59 Å². The number of amidine groups is 1. The third-order valence-electron chi connectivity index (χ3n) is 3.57. The number of carboxylic acids is 1. The van der Waals surface area contributed by atoms with E-state index in [2.05, 4.69) is 4.99 Å². The van der Waals surface area contributed by atoms with Gasteiger partial charge in [0.2, 0.25) is 0 Å². The number of carbonyl (C=O) groups excluding carboxylic acids is 1. The van der Waals surface area contributed by atoms with Crippen LogP contribution in [0.1, 0.15) is 5.56 Å². The molecule has 0 aliphatic carbocycles. The summed E-state index contributed by atoms with van der Waals surface area (Å²) in [5.74, 6) is -0.792. The minimum Gasteiger partial charge on any atom is -0.482 e. The van der Waals surface area contributed by atoms with Crippen molar-refractivity contribution in [1.29, 1.82) is 0 Å². The number of benzene rings is 2. The van der Waals surface area contributed by atoms with Gasteiger partial charge in [-0.15, -0.1) is 0 Å². The molecule has 1 saturated heterocycles. The fourth-order valence-corrected chi connectivity index (χ4v) is 3.38. The van der Waals surface area contributed by atoms with Crippen LogP contribution in [0.5, 0.6) is 5.75 Å². The minimum absolute atomic E-state index is 0.162. The van der Waals surface area contributed by atoms with E-state index in [0.717, 1.165) is 5.56 Å². The molecule has 0 aromatic heterocycles. The summed E-state index contributed by atoms with van der Waals surface area (Å²) in [6.45, 7) is -0.422. The van der Waals surface area contributed by atoms with Crippen molar-refractivity contribution >= 4 is 52.2 Å². The van der Waals surface area contributed by atoms with Gasteiger partial charge >= 0.3 is 5.97 Å². The lowest BCUT2D eigenvalue weighted by atomic mass is 10.2. The Morgan fingerprint density at radius 2 is 2.04 bits per heavy atom. The lowest BCUT2D eigenvalue weighted by molar-refractivity contribution is -0.139. The Bertz CT molecular complexity index is 941. The van der Waals surface area contributed by atoms with Crippen LogP contribution in [0.4, 0.5) is 5.69 Å². The van der Waals surface area contributed by atoms with Crippen molar-refractivity contribution in [2.45, 2.75) is 0 Å². The van der Waals surface area contributed by atoms with Crippen molar-refractivity contribution in [1.82, 2.24) is 4.90 Å². The van der Waals surface area contributed by atoms with Crippen LogP contribution in [0.2, 0.25) is 5.02 Å². The molecule has 0 bridgehead atoms. The molecule has 0 atom stereocenters. The Hall–Kier alpha value is -2.77. The number of rotatable bonds is 5. The summed E-state index contributed by atoms with van der Waals surface area (Å²) in [6.07, 6.45) is 1.72. The molecule has 6 nitrogen and oxygen atoms in total. The first-order valence-corrected chi connectivity index (χ1v) is 9.08. The zero-order valence-corrected chi connectivity index (χ0v) is 15.8. The first-order chi connectivity index (χ1) is 12.9. The molecule has 1 heterocycles. The third kappa shape index (κ3) is 4.90. The molecule has 2 aromatic rings. The number of amides is 1. The molecule has 138 valence electrons. The normalized spacial score (nSPS) is 17.0. The molecule has 0 unspecified atom stereocenters. The number of likely N-dealkylation sites (N-methyl/N-ethyl adjacent to an activating group) is 1. The lowest BCUT2D eigenvalue weighted by Gasteiger charge is -2.07. The van der Waals surface area contributed by atoms with Crippen LogP contribution in [0.3, 0.4) is 0 Å². The van der Waals surface area contributed by atoms with E-state index in [0.29, 0.717) is 26.5 Å². The molecule has 3 rings (SSSR count). The predicted octanol–water partition coefficient (Wildman–Crippen LogP) is 4.04. The molecule has 0 radical (unpaired) electrons. The highest BCUT2D eigenvalue weighted by atomic mass is 35.5. The Morgan fingerprint density at radius 3 is 2.74 bits per heavy atom. The van der Waals surface area contributed by atoms with Gasteiger partial charge in [0.05, 0.1) is 10.6 Å². The second-order valence-electron chi connectivity index (χ2n) is 5.60. The summed E-state index contributed by atoms with van der Waals surface area (Å²) in [5.41, 5.74) is 1.43. The standard InChI is InChI=1S/C19H15ClN2O4S/c1-22-18(25)16(27-19(22)21-14-7-5-13(20)6-8-14)10-12-3-2-4-15(9-12)26-11-17(23)24/h2-10H,11H2,1H3,(H,23,24)/b16-10+,21-19?. The summed E-state index contributed by atoms with van der Waals surface area (Å²) in [5, 5.41) is 9.87. The van der Waals surface area contributed by atoms with Gasteiger partial charge in [-0.3, -0.25) is 9.69 Å². The maximum atomic E-state index is 12.5. The summed E-state index contributed by atoms with van der Waals surface area (Å²) >= 11 is 7.14. The van der Waals surface area contributed by atoms with E-state index in [1.165, 1.54) is 16.7 Å². The van der Waals surface area contributed by atoms with Gasteiger partial charge in [0.1, 0.15) is 5.75 Å². The number of thioether (sulfide) groups is 1. The van der Waals surface area contributed by atoms with Gasteiger partial charge in [0.15, 0.2) is 11.8 Å². The van der Waals surface area contributed by atoms with Gasteiger partial charge in [-0.2, -0.15) is 0 Å². The summed E-state index contributed by atoms with van der Waals surface area (Å²) < 4.78 is 5.16. The van der Waals surface area contributed by atoms with E-state index in [9.17, 15) is 9.59 Å². The van der Waals surface area contributed by atoms with E-state index in [-0.39, 0.29) is 5.91 Å². The number of hydrogen-bond acceptors (Lipinski definition) is 5. The average molecular weight is 403 g/mol. The van der Waals surface area contributed by atoms with Crippen LogP contribution in [0, 0.1) is 0 Å². The number of ether oxygens (including phenoxy) is 1. The Balaban J connectivity index is 1.81. The third-order valence-corrected chi connectivity index (χ3v) is 4.89. The van der Waals surface area contributed by atoms with Crippen LogP contribution in [0.25, 0.3) is 6.08 Å². The molecule has 2 aromatic carbocycles. The van der Waals surface area contributed by atoms with Crippen molar-refractivity contribution in [2.75, 3.05) is 13.7 Å². The van der Waals surface area contributed by atoms with E-state index in [1.54, 1.807) is 55.6 Å². The van der Waals surface area contributed by atoms with Crippen LogP contribution < -0.4 is 4.74 Å². The second-order valence-corrected chi connectivity index (χ2v) is 7.05. The first-order valence-electron chi connectivity index (χ1n) is 7.89. The fourth-order valence-electron chi connectivity index (χ4n) is 2.27. The zero-order chi connectivity index (χ0) is 19.4. The minimum atomic E-state index is -1.05. The zero-order valence-electron chi connectivity index (χ0n) is 14.3. The average Bonchev–Trinajstić information content (AvgIpc) is 2.90. The van der Waals surface area contributed by atoms with Gasteiger partial charge in [0.25, 0.3) is 5.91 Å². The first kappa shape index (κ1) is 19.0. The van der Waals surface area contributed by atoms with E-state index >= 15 is 0 Å². The van der Waals surface area contributed by atoms with Crippen LogP contribution in [0.15, 0.2) is 58.4 Å². The summed E-state index contributed by atoms with van der Waals surface area (Å²) in [6, 6.07) is 13.9. The quantitative estimate of drug-likeness (QED) is 0.763. The summed E-state index contributed by atoms with van der Waals surface area (Å²) in [7, 11) is 1.66. The molecule has 0 saturated carbocycles. The van der Waals surface area contributed by atoms with Crippen LogP contribution >= 0.6 is 23.4 Å². The smallest absolute Gasteiger partial charge is 0.341 e. The maximum Gasteiger partial charge on any atom is 0.341 e. The number of aliphatic carboxylic acids is 1. The molecule has 1 aliphatic heterocycles. The topological polar surface area (TPSA) is 79.2 Å². The Morgan fingerprint density at radius 1 is 1.30 bits per heavy atom. The molecular formula is C19H15ClN2O4S. The van der Waals surface area contributed by atoms with Gasteiger partial charge < -0.3 is 9.84 Å². The van der Waals surface area contributed by atoms with E-state index in [4.69, 9.17) is 21.4 Å². The number of halogens is 1. The summed E-state index contributed by atoms with van der Waals surface area (Å²) in [4.78, 5) is 29.6. The maximum absolute atomic E-state index is 12.5. The predicted molar refractivity (Wildman–Crippen MR) is 106 cm³/mol.